The zero-order chi connectivity index (χ0) is 20.4. The highest BCUT2D eigenvalue weighted by Crippen LogP contribution is 2.33. The highest BCUT2D eigenvalue weighted by Gasteiger charge is 2.24. The maximum atomic E-state index is 12.2. The van der Waals surface area contributed by atoms with E-state index in [-0.39, 0.29) is 11.6 Å². The molecule has 9 heteroatoms. The second-order valence-electron chi connectivity index (χ2n) is 5.93. The molecule has 0 spiro atoms. The van der Waals surface area contributed by atoms with Crippen LogP contribution in [0.3, 0.4) is 0 Å². The van der Waals surface area contributed by atoms with E-state index in [4.69, 9.17) is 4.42 Å². The quantitative estimate of drug-likeness (QED) is 0.308. The van der Waals surface area contributed by atoms with Crippen molar-refractivity contribution in [3.05, 3.63) is 85.9 Å². The third-order valence-electron chi connectivity index (χ3n) is 3.97. The summed E-state index contributed by atoms with van der Waals surface area (Å²) in [4.78, 5) is 27.8. The van der Waals surface area contributed by atoms with E-state index in [2.05, 4.69) is 26.2 Å². The number of carbonyl (C=O) groups is 1. The molecule has 1 amide bonds. The summed E-state index contributed by atoms with van der Waals surface area (Å²) in [5, 5.41) is 14.4. The lowest BCUT2D eigenvalue weighted by molar-refractivity contribution is -0.384. The van der Waals surface area contributed by atoms with Gasteiger partial charge in [0, 0.05) is 16.6 Å². The molecule has 0 bridgehead atoms. The maximum Gasteiger partial charge on any atom is 0.280 e. The number of aliphatic imine (C=N–C) groups is 1. The van der Waals surface area contributed by atoms with Crippen LogP contribution < -0.4 is 5.32 Å². The van der Waals surface area contributed by atoms with Crippen LogP contribution in [-0.2, 0) is 4.79 Å². The molecule has 0 radical (unpaired) electrons. The van der Waals surface area contributed by atoms with Crippen LogP contribution in [0.2, 0.25) is 0 Å². The smallest absolute Gasteiger partial charge is 0.280 e. The van der Waals surface area contributed by atoms with Crippen molar-refractivity contribution in [3.8, 4) is 11.3 Å². The van der Waals surface area contributed by atoms with E-state index in [1.807, 2.05) is 24.3 Å². The lowest BCUT2D eigenvalue weighted by Gasteiger charge is -1.98. The Morgan fingerprint density at radius 2 is 1.86 bits per heavy atom. The number of nitrogens with zero attached hydrogens (tertiary/aromatic N) is 2. The van der Waals surface area contributed by atoms with Crippen molar-refractivity contribution in [2.75, 3.05) is 0 Å². The molecule has 4 rings (SSSR count). The van der Waals surface area contributed by atoms with Gasteiger partial charge in [-0.3, -0.25) is 14.9 Å². The Labute approximate surface area is 177 Å². The molecular formula is C20H12BrN3O4S. The summed E-state index contributed by atoms with van der Waals surface area (Å²) in [6.07, 6.45) is 1.59. The fraction of sp³-hybridized carbons (Fsp3) is 0. The van der Waals surface area contributed by atoms with Gasteiger partial charge in [-0.15, -0.1) is 0 Å². The lowest BCUT2D eigenvalue weighted by Crippen LogP contribution is -2.19. The van der Waals surface area contributed by atoms with Crippen molar-refractivity contribution >= 4 is 56.2 Å². The first-order valence-electron chi connectivity index (χ1n) is 8.38. The molecule has 1 aliphatic rings. The maximum absolute atomic E-state index is 12.2. The second kappa shape index (κ2) is 8.06. The zero-order valence-corrected chi connectivity index (χ0v) is 17.1. The van der Waals surface area contributed by atoms with E-state index in [0.717, 1.165) is 4.47 Å². The number of halogens is 1. The summed E-state index contributed by atoms with van der Waals surface area (Å²) in [7, 11) is 0. The fourth-order valence-corrected chi connectivity index (χ4v) is 3.75. The Balaban J connectivity index is 1.57. The fourth-order valence-electron chi connectivity index (χ4n) is 2.66. The summed E-state index contributed by atoms with van der Waals surface area (Å²) >= 11 is 4.56. The van der Waals surface area contributed by atoms with Crippen molar-refractivity contribution in [2.24, 2.45) is 4.99 Å². The van der Waals surface area contributed by atoms with Crippen LogP contribution >= 0.6 is 27.7 Å². The summed E-state index contributed by atoms with van der Waals surface area (Å²) < 4.78 is 6.66. The Kier molecular flexibility index (Phi) is 5.32. The third-order valence-corrected chi connectivity index (χ3v) is 5.41. The summed E-state index contributed by atoms with van der Waals surface area (Å²) in [6.45, 7) is 0. The second-order valence-corrected chi connectivity index (χ2v) is 7.88. The van der Waals surface area contributed by atoms with E-state index < -0.39 is 4.92 Å². The number of carbonyl (C=O) groups excluding carboxylic acids is 1. The van der Waals surface area contributed by atoms with Gasteiger partial charge in [-0.1, -0.05) is 28.1 Å². The van der Waals surface area contributed by atoms with Crippen molar-refractivity contribution < 1.29 is 14.1 Å². The number of amidine groups is 1. The van der Waals surface area contributed by atoms with Gasteiger partial charge in [-0.2, -0.15) is 0 Å². The molecule has 0 unspecified atom stereocenters. The molecule has 1 N–H and O–H groups in total. The normalized spacial score (nSPS) is 16.4. The van der Waals surface area contributed by atoms with Crippen LogP contribution in [0.15, 0.2) is 79.5 Å². The van der Waals surface area contributed by atoms with E-state index in [1.165, 1.54) is 17.8 Å². The predicted molar refractivity (Wildman–Crippen MR) is 116 cm³/mol. The van der Waals surface area contributed by atoms with Gasteiger partial charge in [-0.25, -0.2) is 4.99 Å². The number of amides is 1. The van der Waals surface area contributed by atoms with Crippen LogP contribution in [0.1, 0.15) is 5.76 Å². The number of benzene rings is 2. The molecule has 2 aromatic carbocycles. The molecule has 144 valence electrons. The molecule has 29 heavy (non-hydrogen) atoms. The molecule has 1 aliphatic heterocycles. The minimum absolute atomic E-state index is 0.0436. The van der Waals surface area contributed by atoms with Crippen LogP contribution in [0.25, 0.3) is 17.4 Å². The number of hydrogen-bond acceptors (Lipinski definition) is 6. The molecule has 0 saturated carbocycles. The average molecular weight is 470 g/mol. The van der Waals surface area contributed by atoms with Gasteiger partial charge in [0.15, 0.2) is 5.17 Å². The zero-order valence-electron chi connectivity index (χ0n) is 14.7. The first-order chi connectivity index (χ1) is 14.0. The van der Waals surface area contributed by atoms with Gasteiger partial charge in [0.25, 0.3) is 11.6 Å². The number of nitro benzene ring substituents is 1. The van der Waals surface area contributed by atoms with E-state index in [9.17, 15) is 14.9 Å². The van der Waals surface area contributed by atoms with Crippen LogP contribution in [0.5, 0.6) is 0 Å². The van der Waals surface area contributed by atoms with Crippen molar-refractivity contribution in [1.82, 2.24) is 5.32 Å². The molecule has 1 saturated heterocycles. The largest absolute Gasteiger partial charge is 0.456 e. The average Bonchev–Trinajstić information content (AvgIpc) is 3.30. The highest BCUT2D eigenvalue weighted by atomic mass is 79.9. The van der Waals surface area contributed by atoms with Crippen LogP contribution in [0.4, 0.5) is 11.4 Å². The molecule has 3 aromatic rings. The lowest BCUT2D eigenvalue weighted by atomic mass is 10.1. The van der Waals surface area contributed by atoms with Gasteiger partial charge in [-0.05, 0) is 54.2 Å². The van der Waals surface area contributed by atoms with Gasteiger partial charge in [0.05, 0.1) is 21.1 Å². The van der Waals surface area contributed by atoms with Crippen molar-refractivity contribution in [3.63, 3.8) is 0 Å². The number of nitrogens with one attached hydrogen (secondary N) is 1. The number of para-hydroxylation sites is 1. The van der Waals surface area contributed by atoms with E-state index in [1.54, 1.807) is 36.4 Å². The monoisotopic (exact) mass is 469 g/mol. The SMILES string of the molecule is O=C1NC(=Nc2ccc(Br)cc2)SC1=Cc1ccc(-c2ccccc2[N+](=O)[O-])o1. The summed E-state index contributed by atoms with van der Waals surface area (Å²) in [5.41, 5.74) is 1.05. The first-order valence-corrected chi connectivity index (χ1v) is 9.99. The first kappa shape index (κ1) is 19.2. The van der Waals surface area contributed by atoms with Crippen molar-refractivity contribution in [2.45, 2.75) is 0 Å². The molecule has 0 atom stereocenters. The Morgan fingerprint density at radius 1 is 1.10 bits per heavy atom. The third kappa shape index (κ3) is 4.30. The number of furan rings is 1. The van der Waals surface area contributed by atoms with Gasteiger partial charge < -0.3 is 9.73 Å². The Morgan fingerprint density at radius 3 is 2.62 bits per heavy atom. The minimum atomic E-state index is -0.457. The van der Waals surface area contributed by atoms with Gasteiger partial charge in [0.2, 0.25) is 0 Å². The van der Waals surface area contributed by atoms with Crippen LogP contribution in [0, 0.1) is 10.1 Å². The summed E-state index contributed by atoms with van der Waals surface area (Å²) in [6, 6.07) is 17.0. The number of thioether (sulfide) groups is 1. The number of hydrogen-bond donors (Lipinski definition) is 1. The molecule has 2 heterocycles. The Hall–Kier alpha value is -3.17. The van der Waals surface area contributed by atoms with E-state index >= 15 is 0 Å². The molecule has 7 nitrogen and oxygen atoms in total. The molecule has 1 aromatic heterocycles. The topological polar surface area (TPSA) is 97.7 Å². The van der Waals surface area contributed by atoms with Gasteiger partial charge in [0.1, 0.15) is 11.5 Å². The highest BCUT2D eigenvalue weighted by molar-refractivity contribution is 9.10. The summed E-state index contributed by atoms with van der Waals surface area (Å²) in [5.74, 6) is 0.492. The standard InChI is InChI=1S/C20H12BrN3O4S/c21-12-5-7-13(8-6-12)22-20-23-19(25)18(29-20)11-14-9-10-17(28-14)15-3-1-2-4-16(15)24(26)27/h1-11H,(H,22,23,25). The molecule has 1 fully saturated rings. The van der Waals surface area contributed by atoms with E-state index in [0.29, 0.717) is 32.8 Å². The predicted octanol–water partition coefficient (Wildman–Crippen LogP) is 5.51. The van der Waals surface area contributed by atoms with Crippen molar-refractivity contribution in [1.29, 1.82) is 0 Å². The minimum Gasteiger partial charge on any atom is -0.456 e. The number of nitro groups is 1. The number of rotatable bonds is 4. The van der Waals surface area contributed by atoms with Gasteiger partial charge >= 0.3 is 0 Å². The Bertz CT molecular complexity index is 1170. The molecule has 0 aliphatic carbocycles. The molecular weight excluding hydrogens is 458 g/mol. The van der Waals surface area contributed by atoms with Crippen LogP contribution in [-0.4, -0.2) is 16.0 Å².